The third kappa shape index (κ3) is 6.17. The SMILES string of the molecule is CCN(CC)N=Nc1cc(-c2ccc(I)cc2)c(-c2ccc(I)cc2)c(-c2ccc(I)cc2)c1. The van der Waals surface area contributed by atoms with Crippen LogP contribution in [-0.2, 0) is 0 Å². The van der Waals surface area contributed by atoms with Gasteiger partial charge in [0.05, 0.1) is 5.69 Å². The van der Waals surface area contributed by atoms with Crippen LogP contribution < -0.4 is 0 Å². The molecule has 172 valence electrons. The Bertz CT molecular complexity index is 1210. The zero-order valence-electron chi connectivity index (χ0n) is 19.0. The Hall–Kier alpha value is -1.53. The normalized spacial score (nSPS) is 11.2. The molecule has 34 heavy (non-hydrogen) atoms. The Morgan fingerprint density at radius 2 is 0.971 bits per heavy atom. The van der Waals surface area contributed by atoms with Gasteiger partial charge in [0.2, 0.25) is 0 Å². The van der Waals surface area contributed by atoms with Crippen molar-refractivity contribution in [2.45, 2.75) is 13.8 Å². The van der Waals surface area contributed by atoms with Gasteiger partial charge in [-0.05, 0) is 164 Å². The molecule has 0 bridgehead atoms. The van der Waals surface area contributed by atoms with Crippen molar-refractivity contribution in [3.8, 4) is 33.4 Å². The average molecular weight is 783 g/mol. The van der Waals surface area contributed by atoms with Gasteiger partial charge in [-0.25, -0.2) is 0 Å². The van der Waals surface area contributed by atoms with Crippen LogP contribution in [0, 0.1) is 10.7 Å². The summed E-state index contributed by atoms with van der Waals surface area (Å²) in [5.41, 5.74) is 7.89. The average Bonchev–Trinajstić information content (AvgIpc) is 2.86. The van der Waals surface area contributed by atoms with Gasteiger partial charge >= 0.3 is 0 Å². The molecule has 0 fully saturated rings. The first-order chi connectivity index (χ1) is 16.5. The van der Waals surface area contributed by atoms with E-state index < -0.39 is 0 Å². The Morgan fingerprint density at radius 3 is 1.35 bits per heavy atom. The number of hydrogen-bond acceptors (Lipinski definition) is 2. The van der Waals surface area contributed by atoms with Crippen LogP contribution in [0.5, 0.6) is 0 Å². The summed E-state index contributed by atoms with van der Waals surface area (Å²) in [5, 5.41) is 11.1. The first kappa shape index (κ1) is 25.6. The smallest absolute Gasteiger partial charge is 0.0887 e. The Balaban J connectivity index is 2.01. The van der Waals surface area contributed by atoms with E-state index in [0.29, 0.717) is 0 Å². The summed E-state index contributed by atoms with van der Waals surface area (Å²) >= 11 is 7.07. The van der Waals surface area contributed by atoms with E-state index in [0.717, 1.165) is 29.9 Å². The number of benzene rings is 4. The van der Waals surface area contributed by atoms with Crippen molar-refractivity contribution in [1.29, 1.82) is 0 Å². The number of halogens is 3. The zero-order chi connectivity index (χ0) is 24.1. The highest BCUT2D eigenvalue weighted by atomic mass is 127. The maximum Gasteiger partial charge on any atom is 0.0887 e. The molecule has 4 aromatic rings. The predicted octanol–water partition coefficient (Wildman–Crippen LogP) is 9.84. The molecule has 6 heteroatoms. The first-order valence-electron chi connectivity index (χ1n) is 11.1. The molecule has 0 aliphatic carbocycles. The van der Waals surface area contributed by atoms with Crippen molar-refractivity contribution in [2.75, 3.05) is 13.1 Å². The molecule has 0 radical (unpaired) electrons. The standard InChI is InChI=1S/C28H24I3N3/c1-3-34(4-2)33-32-25-17-26(19-5-11-22(29)12-6-19)28(21-9-15-24(31)16-10-21)27(18-25)20-7-13-23(30)14-8-20/h5-18H,3-4H2,1-2H3. The molecular weight excluding hydrogens is 759 g/mol. The highest BCUT2D eigenvalue weighted by molar-refractivity contribution is 14.1. The van der Waals surface area contributed by atoms with Crippen molar-refractivity contribution in [2.24, 2.45) is 10.3 Å². The van der Waals surface area contributed by atoms with E-state index in [2.05, 4.69) is 177 Å². The minimum absolute atomic E-state index is 0.828. The van der Waals surface area contributed by atoms with Crippen LogP contribution in [0.25, 0.3) is 33.4 Å². The Labute approximate surface area is 242 Å². The third-order valence-electron chi connectivity index (χ3n) is 5.58. The van der Waals surface area contributed by atoms with Crippen LogP contribution >= 0.6 is 67.8 Å². The molecule has 0 aliphatic rings. The van der Waals surface area contributed by atoms with Gasteiger partial charge in [0.25, 0.3) is 0 Å². The summed E-state index contributed by atoms with van der Waals surface area (Å²) < 4.78 is 3.65. The third-order valence-corrected chi connectivity index (χ3v) is 7.74. The fourth-order valence-electron chi connectivity index (χ4n) is 3.79. The molecular formula is C28H24I3N3. The van der Waals surface area contributed by atoms with Crippen LogP contribution in [-0.4, -0.2) is 18.1 Å². The van der Waals surface area contributed by atoms with Crippen molar-refractivity contribution in [3.05, 3.63) is 95.6 Å². The zero-order valence-corrected chi connectivity index (χ0v) is 25.4. The van der Waals surface area contributed by atoms with Crippen LogP contribution in [0.2, 0.25) is 0 Å². The van der Waals surface area contributed by atoms with Gasteiger partial charge in [-0.15, -0.1) is 5.11 Å². The quantitative estimate of drug-likeness (QED) is 0.104. The second kappa shape index (κ2) is 11.9. The predicted molar refractivity (Wildman–Crippen MR) is 168 cm³/mol. The minimum atomic E-state index is 0.828. The lowest BCUT2D eigenvalue weighted by atomic mass is 9.87. The highest BCUT2D eigenvalue weighted by Crippen LogP contribution is 2.43. The van der Waals surface area contributed by atoms with Crippen LogP contribution in [0.15, 0.2) is 95.3 Å². The van der Waals surface area contributed by atoms with E-state index in [1.54, 1.807) is 0 Å². The Kier molecular flexibility index (Phi) is 8.97. The minimum Gasteiger partial charge on any atom is -0.279 e. The molecule has 4 rings (SSSR count). The maximum atomic E-state index is 4.65. The molecule has 0 amide bonds. The molecule has 0 spiro atoms. The molecule has 0 unspecified atom stereocenters. The van der Waals surface area contributed by atoms with Gasteiger partial charge < -0.3 is 0 Å². The molecule has 0 aliphatic heterocycles. The summed E-state index contributed by atoms with van der Waals surface area (Å²) in [6.07, 6.45) is 0. The monoisotopic (exact) mass is 783 g/mol. The molecule has 0 atom stereocenters. The van der Waals surface area contributed by atoms with Crippen molar-refractivity contribution in [1.82, 2.24) is 5.01 Å². The van der Waals surface area contributed by atoms with Crippen LogP contribution in [0.1, 0.15) is 13.8 Å². The topological polar surface area (TPSA) is 28.0 Å². The van der Waals surface area contributed by atoms with E-state index in [1.165, 1.54) is 33.0 Å². The number of hydrogen-bond donors (Lipinski definition) is 0. The lowest BCUT2D eigenvalue weighted by Gasteiger charge is -2.18. The maximum absolute atomic E-state index is 4.65. The van der Waals surface area contributed by atoms with Crippen LogP contribution in [0.3, 0.4) is 0 Å². The van der Waals surface area contributed by atoms with E-state index in [-0.39, 0.29) is 0 Å². The molecule has 3 nitrogen and oxygen atoms in total. The molecule has 0 N–H and O–H groups in total. The van der Waals surface area contributed by atoms with Crippen LogP contribution in [0.4, 0.5) is 5.69 Å². The first-order valence-corrected chi connectivity index (χ1v) is 14.3. The lowest BCUT2D eigenvalue weighted by Crippen LogP contribution is -2.14. The molecule has 0 saturated heterocycles. The van der Waals surface area contributed by atoms with E-state index in [9.17, 15) is 0 Å². The van der Waals surface area contributed by atoms with Crippen molar-refractivity contribution >= 4 is 73.5 Å². The summed E-state index contributed by atoms with van der Waals surface area (Å²) in [6.45, 7) is 5.84. The van der Waals surface area contributed by atoms with Gasteiger partial charge in [-0.2, -0.15) is 0 Å². The molecule has 0 aromatic heterocycles. The van der Waals surface area contributed by atoms with Gasteiger partial charge in [0.15, 0.2) is 0 Å². The van der Waals surface area contributed by atoms with Gasteiger partial charge in [-0.3, -0.25) is 5.01 Å². The second-order valence-corrected chi connectivity index (χ2v) is 11.5. The number of rotatable bonds is 7. The summed E-state index contributed by atoms with van der Waals surface area (Å²) in [4.78, 5) is 0. The van der Waals surface area contributed by atoms with Crippen molar-refractivity contribution in [3.63, 3.8) is 0 Å². The summed E-state index contributed by atoms with van der Waals surface area (Å²) in [6, 6.07) is 30.5. The molecule has 0 heterocycles. The summed E-state index contributed by atoms with van der Waals surface area (Å²) in [5.74, 6) is 0. The number of nitrogens with zero attached hydrogens (tertiary/aromatic N) is 3. The fraction of sp³-hybridized carbons (Fsp3) is 0.143. The van der Waals surface area contributed by atoms with Gasteiger partial charge in [-0.1, -0.05) is 41.6 Å². The van der Waals surface area contributed by atoms with Gasteiger partial charge in [0, 0.05) is 23.8 Å². The van der Waals surface area contributed by atoms with E-state index in [4.69, 9.17) is 0 Å². The molecule has 0 saturated carbocycles. The largest absolute Gasteiger partial charge is 0.279 e. The van der Waals surface area contributed by atoms with E-state index >= 15 is 0 Å². The van der Waals surface area contributed by atoms with Crippen molar-refractivity contribution < 1.29 is 0 Å². The Morgan fingerprint density at radius 1 is 0.588 bits per heavy atom. The molecule has 4 aromatic carbocycles. The fourth-order valence-corrected chi connectivity index (χ4v) is 4.87. The van der Waals surface area contributed by atoms with E-state index in [1.807, 2.05) is 5.01 Å². The van der Waals surface area contributed by atoms with Gasteiger partial charge in [0.1, 0.15) is 0 Å². The lowest BCUT2D eigenvalue weighted by molar-refractivity contribution is 0.301. The second-order valence-electron chi connectivity index (χ2n) is 7.76. The summed E-state index contributed by atoms with van der Waals surface area (Å²) in [7, 11) is 0. The highest BCUT2D eigenvalue weighted by Gasteiger charge is 2.17.